The summed E-state index contributed by atoms with van der Waals surface area (Å²) in [5.74, 6) is -1.02. The summed E-state index contributed by atoms with van der Waals surface area (Å²) in [6.07, 6.45) is 1.80. The molecule has 0 heterocycles. The van der Waals surface area contributed by atoms with Crippen molar-refractivity contribution in [1.29, 1.82) is 0 Å². The van der Waals surface area contributed by atoms with Crippen LogP contribution in [0, 0.1) is 10.1 Å². The van der Waals surface area contributed by atoms with Crippen LogP contribution in [0.2, 0.25) is 0 Å². The van der Waals surface area contributed by atoms with Gasteiger partial charge in [0, 0.05) is 36.1 Å². The molecule has 0 aliphatic carbocycles. The number of carbonyl (C=O) groups excluding carboxylic acids is 2. The lowest BCUT2D eigenvalue weighted by atomic mass is 10.0. The molecule has 1 unspecified atom stereocenters. The minimum absolute atomic E-state index is 0.0129. The van der Waals surface area contributed by atoms with E-state index in [2.05, 4.69) is 21.2 Å². The van der Waals surface area contributed by atoms with Crippen molar-refractivity contribution in [2.24, 2.45) is 0 Å². The number of benzene rings is 4. The maximum absolute atomic E-state index is 14.5. The Hall–Kier alpha value is -4.55. The molecule has 0 saturated heterocycles. The molecule has 12 heteroatoms. The average Bonchev–Trinajstić information content (AvgIpc) is 3.06. The maximum atomic E-state index is 14.5. The summed E-state index contributed by atoms with van der Waals surface area (Å²) in [6, 6.07) is 28.2. The predicted molar refractivity (Wildman–Crippen MR) is 181 cm³/mol. The Morgan fingerprint density at radius 1 is 0.891 bits per heavy atom. The number of hydrogen-bond donors (Lipinski definition) is 1. The number of sulfonamides is 1. The summed E-state index contributed by atoms with van der Waals surface area (Å²) < 4.78 is 29.8. The number of carbonyl (C=O) groups is 2. The summed E-state index contributed by atoms with van der Waals surface area (Å²) in [5.41, 5.74) is 1.16. The molecule has 0 aromatic heterocycles. The molecule has 0 bridgehead atoms. The van der Waals surface area contributed by atoms with Gasteiger partial charge in [-0.3, -0.25) is 24.0 Å². The van der Waals surface area contributed by atoms with E-state index in [4.69, 9.17) is 0 Å². The van der Waals surface area contributed by atoms with Gasteiger partial charge in [-0.2, -0.15) is 0 Å². The van der Waals surface area contributed by atoms with Crippen LogP contribution in [0.15, 0.2) is 119 Å². The number of nitrogens with zero attached hydrogens (tertiary/aromatic N) is 3. The highest BCUT2D eigenvalue weighted by molar-refractivity contribution is 9.10. The number of nitrogens with one attached hydrogen (secondary N) is 1. The minimum atomic E-state index is -4.37. The molecule has 4 rings (SSSR count). The van der Waals surface area contributed by atoms with Crippen LogP contribution < -0.4 is 9.62 Å². The molecule has 0 spiro atoms. The van der Waals surface area contributed by atoms with E-state index in [0.29, 0.717) is 6.54 Å². The van der Waals surface area contributed by atoms with E-state index in [1.54, 1.807) is 18.2 Å². The number of nitro groups is 1. The second-order valence-corrected chi connectivity index (χ2v) is 13.4. The number of hydrogen-bond acceptors (Lipinski definition) is 6. The summed E-state index contributed by atoms with van der Waals surface area (Å²) in [6.45, 7) is 1.73. The van der Waals surface area contributed by atoms with Crippen LogP contribution >= 0.6 is 15.9 Å². The van der Waals surface area contributed by atoms with Crippen molar-refractivity contribution in [2.75, 3.05) is 17.4 Å². The number of rotatable bonds is 15. The third-order valence-corrected chi connectivity index (χ3v) is 9.62. The number of amides is 2. The third kappa shape index (κ3) is 9.01. The first-order valence-corrected chi connectivity index (χ1v) is 17.0. The number of nitro benzene ring substituents is 1. The molecular weight excluding hydrogens is 672 g/mol. The van der Waals surface area contributed by atoms with Crippen molar-refractivity contribution < 1.29 is 22.9 Å². The monoisotopic (exact) mass is 706 g/mol. The van der Waals surface area contributed by atoms with Crippen molar-refractivity contribution in [3.63, 3.8) is 0 Å². The largest absolute Gasteiger partial charge is 0.354 e. The lowest BCUT2D eigenvalue weighted by Crippen LogP contribution is -2.53. The van der Waals surface area contributed by atoms with E-state index in [1.165, 1.54) is 35.2 Å². The Balaban J connectivity index is 1.81. The molecular formula is C34H35BrN4O6S. The van der Waals surface area contributed by atoms with Gasteiger partial charge in [0.15, 0.2) is 0 Å². The number of non-ortho nitro benzene ring substituents is 1. The Labute approximate surface area is 277 Å². The van der Waals surface area contributed by atoms with Crippen molar-refractivity contribution >= 4 is 49.1 Å². The zero-order chi connectivity index (χ0) is 33.1. The molecule has 4 aromatic rings. The third-order valence-electron chi connectivity index (χ3n) is 7.31. The summed E-state index contributed by atoms with van der Waals surface area (Å²) in [7, 11) is -4.37. The van der Waals surface area contributed by atoms with E-state index in [1.807, 2.05) is 61.5 Å². The van der Waals surface area contributed by atoms with Gasteiger partial charge in [-0.25, -0.2) is 8.42 Å². The molecule has 0 saturated carbocycles. The SMILES string of the molecule is CCCCNC(=O)C(Cc1ccccc1)N(Cc1ccc(Br)cc1)C(=O)CN(c1cccc([N+](=O)[O-])c1)S(=O)(=O)c1ccccc1. The van der Waals surface area contributed by atoms with Gasteiger partial charge in [0.2, 0.25) is 11.8 Å². The summed E-state index contributed by atoms with van der Waals surface area (Å²) in [5, 5.41) is 14.6. The fourth-order valence-electron chi connectivity index (χ4n) is 4.86. The Kier molecular flexibility index (Phi) is 12.0. The topological polar surface area (TPSA) is 130 Å². The molecule has 4 aromatic carbocycles. The first-order valence-electron chi connectivity index (χ1n) is 14.8. The van der Waals surface area contributed by atoms with Gasteiger partial charge in [0.25, 0.3) is 15.7 Å². The molecule has 46 heavy (non-hydrogen) atoms. The van der Waals surface area contributed by atoms with Crippen LogP contribution in [-0.2, 0) is 32.6 Å². The molecule has 1 atom stereocenters. The molecule has 1 N–H and O–H groups in total. The van der Waals surface area contributed by atoms with Gasteiger partial charge in [0.05, 0.1) is 15.5 Å². The number of anilines is 1. The van der Waals surface area contributed by atoms with Crippen molar-refractivity contribution in [1.82, 2.24) is 10.2 Å². The van der Waals surface area contributed by atoms with Gasteiger partial charge < -0.3 is 10.2 Å². The van der Waals surface area contributed by atoms with Crippen LogP contribution in [0.1, 0.15) is 30.9 Å². The Morgan fingerprint density at radius 3 is 2.17 bits per heavy atom. The lowest BCUT2D eigenvalue weighted by molar-refractivity contribution is -0.384. The van der Waals surface area contributed by atoms with Crippen molar-refractivity contribution in [3.8, 4) is 0 Å². The van der Waals surface area contributed by atoms with Crippen LogP contribution in [0.3, 0.4) is 0 Å². The first-order chi connectivity index (χ1) is 22.1. The van der Waals surface area contributed by atoms with Gasteiger partial charge in [-0.05, 0) is 47.9 Å². The van der Waals surface area contributed by atoms with Crippen molar-refractivity contribution in [2.45, 2.75) is 43.7 Å². The quantitative estimate of drug-likeness (QED) is 0.0902. The summed E-state index contributed by atoms with van der Waals surface area (Å²) in [4.78, 5) is 40.5. The van der Waals surface area contributed by atoms with Crippen LogP contribution in [-0.4, -0.2) is 49.2 Å². The Morgan fingerprint density at radius 2 is 1.54 bits per heavy atom. The minimum Gasteiger partial charge on any atom is -0.354 e. The molecule has 2 amide bonds. The average molecular weight is 708 g/mol. The molecule has 0 radical (unpaired) electrons. The molecule has 10 nitrogen and oxygen atoms in total. The fraction of sp³-hybridized carbons (Fsp3) is 0.235. The zero-order valence-corrected chi connectivity index (χ0v) is 27.7. The molecule has 0 fully saturated rings. The van der Waals surface area contributed by atoms with E-state index in [-0.39, 0.29) is 35.1 Å². The van der Waals surface area contributed by atoms with E-state index >= 15 is 0 Å². The van der Waals surface area contributed by atoms with Gasteiger partial charge in [0.1, 0.15) is 12.6 Å². The smallest absolute Gasteiger partial charge is 0.271 e. The molecule has 240 valence electrons. The summed E-state index contributed by atoms with van der Waals surface area (Å²) >= 11 is 3.42. The predicted octanol–water partition coefficient (Wildman–Crippen LogP) is 6.11. The zero-order valence-electron chi connectivity index (χ0n) is 25.3. The standard InChI is InChI=1S/C34H35BrN4O6S/c1-2-3-21-36-34(41)32(22-26-11-6-4-7-12-26)37(24-27-17-19-28(35)20-18-27)33(40)25-38(29-13-10-14-30(23-29)39(42)43)46(44,45)31-15-8-5-9-16-31/h4-20,23,32H,2-3,21-22,24-25H2,1H3,(H,36,41). The van der Waals surface area contributed by atoms with E-state index in [9.17, 15) is 28.1 Å². The van der Waals surface area contributed by atoms with Crippen LogP contribution in [0.5, 0.6) is 0 Å². The lowest BCUT2D eigenvalue weighted by Gasteiger charge is -2.34. The van der Waals surface area contributed by atoms with Gasteiger partial charge >= 0.3 is 0 Å². The first kappa shape index (κ1) is 34.3. The highest BCUT2D eigenvalue weighted by Gasteiger charge is 2.35. The van der Waals surface area contributed by atoms with Gasteiger partial charge in [-0.15, -0.1) is 0 Å². The number of unbranched alkanes of at least 4 members (excludes halogenated alkanes) is 1. The van der Waals surface area contributed by atoms with Crippen LogP contribution in [0.25, 0.3) is 0 Å². The Bertz CT molecular complexity index is 1740. The fourth-order valence-corrected chi connectivity index (χ4v) is 6.55. The van der Waals surface area contributed by atoms with Gasteiger partial charge in [-0.1, -0.05) is 96.0 Å². The highest BCUT2D eigenvalue weighted by atomic mass is 79.9. The van der Waals surface area contributed by atoms with Crippen LogP contribution in [0.4, 0.5) is 11.4 Å². The normalized spacial score (nSPS) is 11.8. The van der Waals surface area contributed by atoms with E-state index in [0.717, 1.165) is 38.8 Å². The number of halogens is 1. The molecule has 0 aliphatic rings. The highest BCUT2D eigenvalue weighted by Crippen LogP contribution is 2.28. The second-order valence-electron chi connectivity index (χ2n) is 10.6. The van der Waals surface area contributed by atoms with E-state index < -0.39 is 33.4 Å². The second kappa shape index (κ2) is 16.1. The van der Waals surface area contributed by atoms with Crippen molar-refractivity contribution in [3.05, 3.63) is 135 Å². The molecule has 0 aliphatic heterocycles. The maximum Gasteiger partial charge on any atom is 0.271 e.